The summed E-state index contributed by atoms with van der Waals surface area (Å²) < 4.78 is 11.3. The molecule has 1 aromatic rings. The van der Waals surface area contributed by atoms with Crippen molar-refractivity contribution in [3.05, 3.63) is 22.2 Å². The molecule has 1 aliphatic rings. The van der Waals surface area contributed by atoms with Crippen LogP contribution in [0.2, 0.25) is 0 Å². The second kappa shape index (κ2) is 6.01. The molecule has 2 N–H and O–H groups in total. The first-order valence-electron chi connectivity index (χ1n) is 6.41. The van der Waals surface area contributed by atoms with Gasteiger partial charge in [0.1, 0.15) is 6.61 Å². The molecule has 0 saturated heterocycles. The molecule has 0 radical (unpaired) electrons. The van der Waals surface area contributed by atoms with Gasteiger partial charge in [-0.2, -0.15) is 0 Å². The van der Waals surface area contributed by atoms with Crippen LogP contribution in [0.25, 0.3) is 0 Å². The summed E-state index contributed by atoms with van der Waals surface area (Å²) in [6.45, 7) is 0.175. The van der Waals surface area contributed by atoms with Gasteiger partial charge in [-0.25, -0.2) is 4.79 Å². The number of aromatic carboxylic acids is 1. The molecule has 1 aliphatic carbocycles. The summed E-state index contributed by atoms with van der Waals surface area (Å²) in [4.78, 5) is 11.0. The third kappa shape index (κ3) is 3.24. The van der Waals surface area contributed by atoms with Crippen LogP contribution in [0.4, 0.5) is 0 Å². The van der Waals surface area contributed by atoms with Crippen molar-refractivity contribution >= 4 is 21.9 Å². The number of hydrogen-bond acceptors (Lipinski definition) is 4. The Balaban J connectivity index is 2.20. The van der Waals surface area contributed by atoms with Crippen molar-refractivity contribution in [2.75, 3.05) is 13.7 Å². The van der Waals surface area contributed by atoms with Crippen LogP contribution in [0.15, 0.2) is 16.6 Å². The number of aliphatic hydroxyl groups is 1. The predicted molar refractivity (Wildman–Crippen MR) is 76.6 cm³/mol. The van der Waals surface area contributed by atoms with Crippen LogP contribution in [0, 0.1) is 0 Å². The topological polar surface area (TPSA) is 76.0 Å². The molecule has 0 bridgehead atoms. The highest BCUT2D eigenvalue weighted by Crippen LogP contribution is 2.38. The van der Waals surface area contributed by atoms with Crippen molar-refractivity contribution < 1.29 is 24.5 Å². The molecule has 5 nitrogen and oxygen atoms in total. The summed E-state index contributed by atoms with van der Waals surface area (Å²) in [6, 6.07) is 2.86. The van der Waals surface area contributed by atoms with Gasteiger partial charge in [0, 0.05) is 0 Å². The Bertz CT molecular complexity index is 509. The molecule has 0 spiro atoms. The number of benzene rings is 1. The third-order valence-corrected chi connectivity index (χ3v) is 4.08. The lowest BCUT2D eigenvalue weighted by Gasteiger charge is -2.23. The number of methoxy groups -OCH3 is 1. The van der Waals surface area contributed by atoms with Gasteiger partial charge in [0.25, 0.3) is 0 Å². The highest BCUT2D eigenvalue weighted by Gasteiger charge is 2.32. The van der Waals surface area contributed by atoms with Gasteiger partial charge in [-0.1, -0.05) is 12.8 Å². The zero-order valence-electron chi connectivity index (χ0n) is 11.2. The van der Waals surface area contributed by atoms with E-state index in [1.807, 2.05) is 0 Å². The van der Waals surface area contributed by atoms with E-state index >= 15 is 0 Å². The van der Waals surface area contributed by atoms with Crippen LogP contribution in [-0.4, -0.2) is 35.5 Å². The lowest BCUT2D eigenvalue weighted by atomic mass is 10.0. The fourth-order valence-corrected chi connectivity index (χ4v) is 2.92. The molecule has 1 fully saturated rings. The molecule has 0 atom stereocenters. The summed E-state index contributed by atoms with van der Waals surface area (Å²) in [5.41, 5.74) is -0.684. The summed E-state index contributed by atoms with van der Waals surface area (Å²) in [7, 11) is 1.45. The first-order chi connectivity index (χ1) is 9.45. The molecule has 0 aliphatic heterocycles. The molecule has 0 aromatic heterocycles. The van der Waals surface area contributed by atoms with E-state index in [1.165, 1.54) is 19.2 Å². The standard InChI is InChI=1S/C14H17BrO5/c1-19-11-7-9(13(16)17)6-10(15)12(11)20-8-14(18)4-2-3-5-14/h6-7,18H,2-5,8H2,1H3,(H,16,17). The molecule has 0 heterocycles. The Labute approximate surface area is 125 Å². The summed E-state index contributed by atoms with van der Waals surface area (Å²) >= 11 is 3.28. The summed E-state index contributed by atoms with van der Waals surface area (Å²) in [5.74, 6) is -0.291. The number of carboxylic acid groups (broad SMARTS) is 1. The number of carboxylic acids is 1. The minimum Gasteiger partial charge on any atom is -0.493 e. The SMILES string of the molecule is COc1cc(C(=O)O)cc(Br)c1OCC1(O)CCCC1. The van der Waals surface area contributed by atoms with E-state index in [4.69, 9.17) is 14.6 Å². The van der Waals surface area contributed by atoms with E-state index in [2.05, 4.69) is 15.9 Å². The zero-order chi connectivity index (χ0) is 14.8. The van der Waals surface area contributed by atoms with Crippen molar-refractivity contribution in [2.45, 2.75) is 31.3 Å². The zero-order valence-corrected chi connectivity index (χ0v) is 12.8. The lowest BCUT2D eigenvalue weighted by molar-refractivity contribution is 0.000472. The molecule has 110 valence electrons. The Morgan fingerprint density at radius 3 is 2.60 bits per heavy atom. The van der Waals surface area contributed by atoms with E-state index in [0.29, 0.717) is 16.0 Å². The first-order valence-corrected chi connectivity index (χ1v) is 7.20. The maximum atomic E-state index is 11.0. The van der Waals surface area contributed by atoms with Crippen LogP contribution in [0.3, 0.4) is 0 Å². The maximum Gasteiger partial charge on any atom is 0.335 e. The number of ether oxygens (including phenoxy) is 2. The van der Waals surface area contributed by atoms with Gasteiger partial charge in [-0.3, -0.25) is 0 Å². The van der Waals surface area contributed by atoms with Gasteiger partial charge in [0.05, 0.1) is 22.7 Å². The molecule has 1 saturated carbocycles. The Kier molecular flexibility index (Phi) is 4.55. The van der Waals surface area contributed by atoms with E-state index in [9.17, 15) is 9.90 Å². The molecule has 0 unspecified atom stereocenters. The molecule has 2 rings (SSSR count). The van der Waals surface area contributed by atoms with Crippen LogP contribution in [-0.2, 0) is 0 Å². The first kappa shape index (κ1) is 15.1. The molecule has 6 heteroatoms. The molecule has 0 amide bonds. The monoisotopic (exact) mass is 344 g/mol. The molecular formula is C14H17BrO5. The van der Waals surface area contributed by atoms with Crippen LogP contribution in [0.5, 0.6) is 11.5 Å². The van der Waals surface area contributed by atoms with Gasteiger partial charge < -0.3 is 19.7 Å². The quantitative estimate of drug-likeness (QED) is 0.858. The minimum absolute atomic E-state index is 0.112. The van der Waals surface area contributed by atoms with Crippen molar-refractivity contribution in [3.63, 3.8) is 0 Å². The smallest absolute Gasteiger partial charge is 0.335 e. The minimum atomic E-state index is -1.04. The van der Waals surface area contributed by atoms with Gasteiger partial charge in [0.15, 0.2) is 11.5 Å². The lowest BCUT2D eigenvalue weighted by Crippen LogP contribution is -2.32. The molecule has 20 heavy (non-hydrogen) atoms. The number of carbonyl (C=O) groups is 1. The van der Waals surface area contributed by atoms with Gasteiger partial charge in [0.2, 0.25) is 0 Å². The predicted octanol–water partition coefficient (Wildman–Crippen LogP) is 2.84. The molecule has 1 aromatic carbocycles. The molecular weight excluding hydrogens is 328 g/mol. The Morgan fingerprint density at radius 1 is 1.40 bits per heavy atom. The number of hydrogen-bond donors (Lipinski definition) is 2. The average molecular weight is 345 g/mol. The van der Waals surface area contributed by atoms with Gasteiger partial charge >= 0.3 is 5.97 Å². The maximum absolute atomic E-state index is 11.0. The highest BCUT2D eigenvalue weighted by atomic mass is 79.9. The second-order valence-corrected chi connectivity index (χ2v) is 5.87. The Hall–Kier alpha value is -1.27. The van der Waals surface area contributed by atoms with Crippen LogP contribution >= 0.6 is 15.9 Å². The van der Waals surface area contributed by atoms with Crippen molar-refractivity contribution in [1.82, 2.24) is 0 Å². The average Bonchev–Trinajstić information content (AvgIpc) is 2.83. The van der Waals surface area contributed by atoms with Crippen LogP contribution in [0.1, 0.15) is 36.0 Å². The van der Waals surface area contributed by atoms with Gasteiger partial charge in [-0.05, 0) is 40.9 Å². The number of rotatable bonds is 5. The van der Waals surface area contributed by atoms with E-state index in [-0.39, 0.29) is 12.2 Å². The van der Waals surface area contributed by atoms with Crippen molar-refractivity contribution in [2.24, 2.45) is 0 Å². The number of halogens is 1. The summed E-state index contributed by atoms with van der Waals surface area (Å²) in [5, 5.41) is 19.3. The van der Waals surface area contributed by atoms with Crippen molar-refractivity contribution in [3.8, 4) is 11.5 Å². The normalized spacial score (nSPS) is 16.9. The second-order valence-electron chi connectivity index (χ2n) is 5.01. The summed E-state index contributed by atoms with van der Waals surface area (Å²) in [6.07, 6.45) is 3.44. The van der Waals surface area contributed by atoms with Crippen LogP contribution < -0.4 is 9.47 Å². The fourth-order valence-electron chi connectivity index (χ4n) is 2.37. The third-order valence-electron chi connectivity index (χ3n) is 3.50. The van der Waals surface area contributed by atoms with Crippen molar-refractivity contribution in [1.29, 1.82) is 0 Å². The largest absolute Gasteiger partial charge is 0.493 e. The van der Waals surface area contributed by atoms with E-state index in [0.717, 1.165) is 25.7 Å². The van der Waals surface area contributed by atoms with E-state index in [1.54, 1.807) is 0 Å². The fraction of sp³-hybridized carbons (Fsp3) is 0.500. The van der Waals surface area contributed by atoms with E-state index < -0.39 is 11.6 Å². The highest BCUT2D eigenvalue weighted by molar-refractivity contribution is 9.10. The van der Waals surface area contributed by atoms with Gasteiger partial charge in [-0.15, -0.1) is 0 Å². The Morgan fingerprint density at radius 2 is 2.05 bits per heavy atom.